The molecule has 2 rings (SSSR count). The van der Waals surface area contributed by atoms with Crippen LogP contribution in [0.15, 0.2) is 29.3 Å². The summed E-state index contributed by atoms with van der Waals surface area (Å²) < 4.78 is 5.96. The summed E-state index contributed by atoms with van der Waals surface area (Å²) in [6, 6.07) is 8.24. The third kappa shape index (κ3) is 6.24. The van der Waals surface area contributed by atoms with Crippen LogP contribution in [0.5, 0.6) is 5.75 Å². The average molecular weight is 347 g/mol. The number of rotatable bonds is 6. The maximum absolute atomic E-state index is 5.96. The number of para-hydroxylation sites is 1. The van der Waals surface area contributed by atoms with E-state index in [4.69, 9.17) is 4.74 Å². The highest BCUT2D eigenvalue weighted by atomic mass is 16.5. The molecule has 1 aliphatic heterocycles. The summed E-state index contributed by atoms with van der Waals surface area (Å²) in [5.41, 5.74) is 1.17. The fourth-order valence-electron chi connectivity index (χ4n) is 3.47. The molecule has 1 aliphatic rings. The van der Waals surface area contributed by atoms with Crippen LogP contribution in [-0.2, 0) is 6.54 Å². The van der Waals surface area contributed by atoms with Crippen LogP contribution in [0.4, 0.5) is 0 Å². The Labute approximate surface area is 153 Å². The van der Waals surface area contributed by atoms with Crippen LogP contribution in [0, 0.1) is 11.8 Å². The minimum absolute atomic E-state index is 0.694. The maximum Gasteiger partial charge on any atom is 0.193 e. The number of benzene rings is 1. The molecule has 0 bridgehead atoms. The van der Waals surface area contributed by atoms with Crippen molar-refractivity contribution in [2.75, 3.05) is 47.4 Å². The molecule has 2 atom stereocenters. The minimum Gasteiger partial charge on any atom is -0.492 e. The molecule has 140 valence electrons. The molecule has 1 aromatic rings. The predicted octanol–water partition coefficient (Wildman–Crippen LogP) is 2.68. The van der Waals surface area contributed by atoms with Gasteiger partial charge in [-0.25, -0.2) is 0 Å². The number of hydrogen-bond donors (Lipinski definition) is 1. The Morgan fingerprint density at radius 2 is 1.92 bits per heavy atom. The first kappa shape index (κ1) is 19.6. The Morgan fingerprint density at radius 1 is 1.24 bits per heavy atom. The Kier molecular flexibility index (Phi) is 7.56. The van der Waals surface area contributed by atoms with Crippen molar-refractivity contribution < 1.29 is 4.74 Å². The number of likely N-dealkylation sites (N-methyl/N-ethyl adjacent to an activating group) is 1. The van der Waals surface area contributed by atoms with Gasteiger partial charge >= 0.3 is 0 Å². The van der Waals surface area contributed by atoms with Gasteiger partial charge in [0.15, 0.2) is 5.96 Å². The van der Waals surface area contributed by atoms with Gasteiger partial charge in [0.1, 0.15) is 12.4 Å². The lowest BCUT2D eigenvalue weighted by atomic mass is 9.92. The van der Waals surface area contributed by atoms with Crippen molar-refractivity contribution in [1.82, 2.24) is 15.1 Å². The quantitative estimate of drug-likeness (QED) is 0.635. The van der Waals surface area contributed by atoms with Crippen LogP contribution in [0.2, 0.25) is 0 Å². The molecule has 0 aromatic heterocycles. The minimum atomic E-state index is 0.694. The Balaban J connectivity index is 1.95. The number of aliphatic imine (C=N–C) groups is 1. The molecule has 1 aromatic carbocycles. The van der Waals surface area contributed by atoms with Crippen LogP contribution in [0.3, 0.4) is 0 Å². The summed E-state index contributed by atoms with van der Waals surface area (Å²) >= 11 is 0. The van der Waals surface area contributed by atoms with Crippen LogP contribution >= 0.6 is 0 Å². The summed E-state index contributed by atoms with van der Waals surface area (Å²) in [6.45, 7) is 9.13. The standard InChI is InChI=1S/C20H34N4O/c1-16-12-17(2)15-24(14-16)20(21-3)22-13-18-8-6-7-9-19(18)25-11-10-23(4)5/h6-9,16-17H,10-15H2,1-5H3,(H,21,22). The van der Waals surface area contributed by atoms with Gasteiger partial charge in [-0.1, -0.05) is 32.0 Å². The van der Waals surface area contributed by atoms with Gasteiger partial charge in [0.05, 0.1) is 0 Å². The smallest absolute Gasteiger partial charge is 0.193 e. The number of nitrogens with zero attached hydrogens (tertiary/aromatic N) is 3. The lowest BCUT2D eigenvalue weighted by Crippen LogP contribution is -2.48. The van der Waals surface area contributed by atoms with Gasteiger partial charge in [-0.15, -0.1) is 0 Å². The number of guanidine groups is 1. The van der Waals surface area contributed by atoms with Gasteiger partial charge in [0, 0.05) is 38.8 Å². The summed E-state index contributed by atoms with van der Waals surface area (Å²) in [7, 11) is 5.98. The third-order valence-electron chi connectivity index (χ3n) is 4.59. The monoisotopic (exact) mass is 346 g/mol. The van der Waals surface area contributed by atoms with Crippen LogP contribution in [0.1, 0.15) is 25.8 Å². The van der Waals surface area contributed by atoms with E-state index in [1.165, 1.54) is 12.0 Å². The average Bonchev–Trinajstić information content (AvgIpc) is 2.55. The van der Waals surface area contributed by atoms with E-state index in [1.54, 1.807) is 0 Å². The molecule has 0 amide bonds. The normalized spacial score (nSPS) is 21.5. The van der Waals surface area contributed by atoms with Gasteiger partial charge in [-0.05, 0) is 38.4 Å². The molecule has 5 heteroatoms. The van der Waals surface area contributed by atoms with E-state index in [9.17, 15) is 0 Å². The zero-order valence-corrected chi connectivity index (χ0v) is 16.5. The van der Waals surface area contributed by atoms with Gasteiger partial charge in [-0.2, -0.15) is 0 Å². The fourth-order valence-corrected chi connectivity index (χ4v) is 3.47. The van der Waals surface area contributed by atoms with E-state index < -0.39 is 0 Å². The van der Waals surface area contributed by atoms with Gasteiger partial charge in [0.25, 0.3) is 0 Å². The van der Waals surface area contributed by atoms with E-state index >= 15 is 0 Å². The number of likely N-dealkylation sites (tertiary alicyclic amines) is 1. The Bertz CT molecular complexity index is 548. The Morgan fingerprint density at radius 3 is 2.56 bits per heavy atom. The molecule has 5 nitrogen and oxygen atoms in total. The molecule has 0 saturated carbocycles. The van der Waals surface area contributed by atoms with Crippen molar-refractivity contribution >= 4 is 5.96 Å². The third-order valence-corrected chi connectivity index (χ3v) is 4.59. The van der Waals surface area contributed by atoms with Crippen LogP contribution in [-0.4, -0.2) is 63.1 Å². The fraction of sp³-hybridized carbons (Fsp3) is 0.650. The van der Waals surface area contributed by atoms with Crippen molar-refractivity contribution in [3.63, 3.8) is 0 Å². The van der Waals surface area contributed by atoms with Gasteiger partial charge in [-0.3, -0.25) is 4.99 Å². The molecule has 0 radical (unpaired) electrons. The highest BCUT2D eigenvalue weighted by Crippen LogP contribution is 2.21. The van der Waals surface area contributed by atoms with Crippen LogP contribution in [0.25, 0.3) is 0 Å². The molecule has 25 heavy (non-hydrogen) atoms. The second-order valence-corrected chi connectivity index (χ2v) is 7.51. The molecular formula is C20H34N4O. The molecule has 1 fully saturated rings. The first-order chi connectivity index (χ1) is 12.0. The van der Waals surface area contributed by atoms with Crippen molar-refractivity contribution in [1.29, 1.82) is 0 Å². The Hall–Kier alpha value is -1.75. The highest BCUT2D eigenvalue weighted by Gasteiger charge is 2.24. The first-order valence-corrected chi connectivity index (χ1v) is 9.30. The number of nitrogens with one attached hydrogen (secondary N) is 1. The van der Waals surface area contributed by atoms with Crippen LogP contribution < -0.4 is 10.1 Å². The first-order valence-electron chi connectivity index (χ1n) is 9.30. The van der Waals surface area contributed by atoms with Crippen molar-refractivity contribution in [2.45, 2.75) is 26.8 Å². The predicted molar refractivity (Wildman–Crippen MR) is 105 cm³/mol. The second kappa shape index (κ2) is 9.66. The lowest BCUT2D eigenvalue weighted by Gasteiger charge is -2.37. The van der Waals surface area contributed by atoms with Crippen molar-refractivity contribution in [3.8, 4) is 5.75 Å². The van der Waals surface area contributed by atoms with E-state index in [2.05, 4.69) is 60.2 Å². The van der Waals surface area contributed by atoms with Crippen molar-refractivity contribution in [3.05, 3.63) is 29.8 Å². The zero-order chi connectivity index (χ0) is 18.2. The van der Waals surface area contributed by atoms with Crippen molar-refractivity contribution in [2.24, 2.45) is 16.8 Å². The van der Waals surface area contributed by atoms with E-state index in [0.29, 0.717) is 18.4 Å². The molecule has 1 heterocycles. The maximum atomic E-state index is 5.96. The molecule has 1 N–H and O–H groups in total. The molecule has 1 saturated heterocycles. The van der Waals surface area contributed by atoms with E-state index in [0.717, 1.165) is 37.9 Å². The van der Waals surface area contributed by atoms with Gasteiger partial charge < -0.3 is 19.9 Å². The van der Waals surface area contributed by atoms with E-state index in [-0.39, 0.29) is 0 Å². The molecule has 0 aliphatic carbocycles. The van der Waals surface area contributed by atoms with Gasteiger partial charge in [0.2, 0.25) is 0 Å². The zero-order valence-electron chi connectivity index (χ0n) is 16.5. The second-order valence-electron chi connectivity index (χ2n) is 7.51. The summed E-state index contributed by atoms with van der Waals surface area (Å²) in [5, 5.41) is 3.52. The lowest BCUT2D eigenvalue weighted by molar-refractivity contribution is 0.208. The summed E-state index contributed by atoms with van der Waals surface area (Å²) in [4.78, 5) is 9.00. The SMILES string of the molecule is CN=C(NCc1ccccc1OCCN(C)C)N1CC(C)CC(C)C1. The molecular weight excluding hydrogens is 312 g/mol. The number of hydrogen-bond acceptors (Lipinski definition) is 3. The van der Waals surface area contributed by atoms with E-state index in [1.807, 2.05) is 19.2 Å². The summed E-state index contributed by atoms with van der Waals surface area (Å²) in [5.74, 6) is 3.36. The highest BCUT2D eigenvalue weighted by molar-refractivity contribution is 5.80. The molecule has 0 spiro atoms. The molecule has 2 unspecified atom stereocenters. The number of piperidine rings is 1. The summed E-state index contributed by atoms with van der Waals surface area (Å²) in [6.07, 6.45) is 1.30. The largest absolute Gasteiger partial charge is 0.492 e. The topological polar surface area (TPSA) is 40.1 Å². The number of ether oxygens (including phenoxy) is 1.